The number of halogens is 1. The van der Waals surface area contributed by atoms with E-state index in [1.54, 1.807) is 4.90 Å². The molecule has 4 rings (SSSR count). The molecule has 0 aliphatic carbocycles. The minimum atomic E-state index is -0.468. The van der Waals surface area contributed by atoms with Crippen molar-refractivity contribution in [2.75, 3.05) is 36.5 Å². The lowest BCUT2D eigenvalue weighted by Crippen LogP contribution is -2.51. The zero-order valence-corrected chi connectivity index (χ0v) is 14.4. The molecule has 2 atom stereocenters. The fourth-order valence-electron chi connectivity index (χ4n) is 3.48. The van der Waals surface area contributed by atoms with E-state index in [1.807, 2.05) is 36.1 Å². The number of aryl methyl sites for hydroxylation is 1. The number of nitrogens with one attached hydrogen (secondary N) is 1. The van der Waals surface area contributed by atoms with Crippen molar-refractivity contribution >= 4 is 17.7 Å². The van der Waals surface area contributed by atoms with Crippen molar-refractivity contribution in [1.82, 2.24) is 14.9 Å². The van der Waals surface area contributed by atoms with Crippen molar-refractivity contribution in [3.8, 4) is 0 Å². The van der Waals surface area contributed by atoms with E-state index >= 15 is 0 Å². The number of rotatable bonds is 2. The van der Waals surface area contributed by atoms with Crippen LogP contribution in [-0.2, 0) is 4.74 Å². The molecule has 3 heterocycles. The van der Waals surface area contributed by atoms with E-state index in [9.17, 15) is 9.18 Å². The average Bonchev–Trinajstić information content (AvgIpc) is 3.07. The van der Waals surface area contributed by atoms with Gasteiger partial charge in [-0.3, -0.25) is 0 Å². The number of morpholine rings is 1. The van der Waals surface area contributed by atoms with Crippen LogP contribution in [0.2, 0.25) is 0 Å². The largest absolute Gasteiger partial charge is 0.372 e. The molecule has 1 N–H and O–H groups in total. The molecular weight excluding hydrogens is 337 g/mol. The molecular formula is C18H20FN5O2. The Morgan fingerprint density at radius 3 is 2.88 bits per heavy atom. The summed E-state index contributed by atoms with van der Waals surface area (Å²) >= 11 is 0. The number of carbonyl (C=O) groups excluding carboxylic acids is 1. The molecule has 2 amide bonds. The summed E-state index contributed by atoms with van der Waals surface area (Å²) < 4.78 is 18.9. The average molecular weight is 357 g/mol. The van der Waals surface area contributed by atoms with Crippen molar-refractivity contribution in [2.24, 2.45) is 0 Å². The van der Waals surface area contributed by atoms with Gasteiger partial charge in [0.2, 0.25) is 5.95 Å². The van der Waals surface area contributed by atoms with Gasteiger partial charge in [0.25, 0.3) is 0 Å². The molecule has 26 heavy (non-hydrogen) atoms. The molecule has 0 spiro atoms. The molecule has 8 heteroatoms. The van der Waals surface area contributed by atoms with Crippen LogP contribution in [0.25, 0.3) is 0 Å². The molecule has 0 unspecified atom stereocenters. The maximum absolute atomic E-state index is 13.1. The van der Waals surface area contributed by atoms with E-state index in [2.05, 4.69) is 15.3 Å². The zero-order valence-electron chi connectivity index (χ0n) is 14.4. The molecule has 1 aromatic heterocycles. The van der Waals surface area contributed by atoms with E-state index in [0.717, 1.165) is 23.6 Å². The maximum atomic E-state index is 13.1. The molecule has 0 radical (unpaired) electrons. The Balaban J connectivity index is 1.46. The zero-order chi connectivity index (χ0) is 18.1. The van der Waals surface area contributed by atoms with E-state index in [0.29, 0.717) is 32.2 Å². The van der Waals surface area contributed by atoms with Crippen molar-refractivity contribution in [3.63, 3.8) is 0 Å². The Labute approximate surface area is 150 Å². The standard InChI is InChI=1S/C18H20FN5O2/c1-12-3-2-4-14(7-12)22-18(25)23-10-15-16(11-23)26-6-5-24(15)17-20-8-13(19)9-21-17/h2-4,7-9,15-16H,5-6,10-11H2,1H3,(H,22,25)/t15-,16+/m1/s1. The Morgan fingerprint density at radius 1 is 1.31 bits per heavy atom. The first-order valence-electron chi connectivity index (χ1n) is 8.58. The van der Waals surface area contributed by atoms with Gasteiger partial charge in [-0.15, -0.1) is 0 Å². The normalized spacial score (nSPS) is 22.2. The number of urea groups is 1. The number of aromatic nitrogens is 2. The van der Waals surface area contributed by atoms with Gasteiger partial charge in [0, 0.05) is 18.8 Å². The lowest BCUT2D eigenvalue weighted by Gasteiger charge is -2.36. The number of nitrogens with zero attached hydrogens (tertiary/aromatic N) is 4. The highest BCUT2D eigenvalue weighted by Gasteiger charge is 2.42. The minimum absolute atomic E-state index is 0.0440. The van der Waals surface area contributed by atoms with Crippen molar-refractivity contribution in [1.29, 1.82) is 0 Å². The quantitative estimate of drug-likeness (QED) is 0.891. The molecule has 7 nitrogen and oxygen atoms in total. The number of hydrogen-bond donors (Lipinski definition) is 1. The topological polar surface area (TPSA) is 70.6 Å². The highest BCUT2D eigenvalue weighted by Crippen LogP contribution is 2.26. The fraction of sp³-hybridized carbons (Fsp3) is 0.389. The summed E-state index contributed by atoms with van der Waals surface area (Å²) in [6, 6.07) is 7.48. The van der Waals surface area contributed by atoms with Crippen molar-refractivity contribution < 1.29 is 13.9 Å². The van der Waals surface area contributed by atoms with Crippen LogP contribution in [0.3, 0.4) is 0 Å². The summed E-state index contributed by atoms with van der Waals surface area (Å²) in [7, 11) is 0. The molecule has 136 valence electrons. The van der Waals surface area contributed by atoms with E-state index in [-0.39, 0.29) is 18.2 Å². The summed E-state index contributed by atoms with van der Waals surface area (Å²) in [5.74, 6) is -0.00483. The maximum Gasteiger partial charge on any atom is 0.322 e. The van der Waals surface area contributed by atoms with Gasteiger partial charge in [-0.2, -0.15) is 0 Å². The van der Waals surface area contributed by atoms with Crippen LogP contribution in [0.4, 0.5) is 20.8 Å². The third kappa shape index (κ3) is 3.32. The predicted octanol–water partition coefficient (Wildman–Crippen LogP) is 2.05. The van der Waals surface area contributed by atoms with Crippen LogP contribution in [0.1, 0.15) is 5.56 Å². The SMILES string of the molecule is Cc1cccc(NC(=O)N2C[C@@H]3OCCN(c4ncc(F)cn4)[C@@H]3C2)c1. The smallest absolute Gasteiger partial charge is 0.322 e. The Morgan fingerprint density at radius 2 is 2.12 bits per heavy atom. The van der Waals surface area contributed by atoms with Crippen LogP contribution >= 0.6 is 0 Å². The number of hydrogen-bond acceptors (Lipinski definition) is 5. The third-order valence-electron chi connectivity index (χ3n) is 4.72. The van der Waals surface area contributed by atoms with Crippen molar-refractivity contribution in [2.45, 2.75) is 19.1 Å². The molecule has 2 saturated heterocycles. The van der Waals surface area contributed by atoms with Crippen LogP contribution in [0, 0.1) is 12.7 Å². The molecule has 0 bridgehead atoms. The van der Waals surface area contributed by atoms with Crippen LogP contribution < -0.4 is 10.2 Å². The summed E-state index contributed by atoms with van der Waals surface area (Å²) in [6.07, 6.45) is 2.20. The van der Waals surface area contributed by atoms with Gasteiger partial charge >= 0.3 is 6.03 Å². The molecule has 1 aromatic carbocycles. The lowest BCUT2D eigenvalue weighted by molar-refractivity contribution is 0.0316. The lowest BCUT2D eigenvalue weighted by atomic mass is 10.1. The van der Waals surface area contributed by atoms with E-state index in [1.165, 1.54) is 0 Å². The number of likely N-dealkylation sites (tertiary alicyclic amines) is 1. The van der Waals surface area contributed by atoms with Gasteiger partial charge in [0.15, 0.2) is 5.82 Å². The third-order valence-corrected chi connectivity index (χ3v) is 4.72. The van der Waals surface area contributed by atoms with Crippen LogP contribution in [0.15, 0.2) is 36.7 Å². The summed E-state index contributed by atoms with van der Waals surface area (Å²) in [6.45, 7) is 4.12. The van der Waals surface area contributed by atoms with Crippen LogP contribution in [0.5, 0.6) is 0 Å². The Kier molecular flexibility index (Phi) is 4.42. The molecule has 2 aliphatic rings. The highest BCUT2D eigenvalue weighted by molar-refractivity contribution is 5.89. The van der Waals surface area contributed by atoms with E-state index in [4.69, 9.17) is 4.74 Å². The number of amides is 2. The first-order chi connectivity index (χ1) is 12.6. The number of carbonyl (C=O) groups is 1. The van der Waals surface area contributed by atoms with Gasteiger partial charge in [-0.1, -0.05) is 12.1 Å². The van der Waals surface area contributed by atoms with Crippen molar-refractivity contribution in [3.05, 3.63) is 48.0 Å². The predicted molar refractivity (Wildman–Crippen MR) is 94.6 cm³/mol. The second-order valence-electron chi connectivity index (χ2n) is 6.58. The minimum Gasteiger partial charge on any atom is -0.372 e. The monoisotopic (exact) mass is 357 g/mol. The number of ether oxygens (including phenoxy) is 1. The molecule has 2 aromatic rings. The Hall–Kier alpha value is -2.74. The van der Waals surface area contributed by atoms with Gasteiger partial charge in [-0.05, 0) is 24.6 Å². The first-order valence-corrected chi connectivity index (χ1v) is 8.58. The second-order valence-corrected chi connectivity index (χ2v) is 6.58. The molecule has 2 fully saturated rings. The fourth-order valence-corrected chi connectivity index (χ4v) is 3.48. The summed E-state index contributed by atoms with van der Waals surface area (Å²) in [4.78, 5) is 24.5. The Bertz CT molecular complexity index is 800. The molecule has 0 saturated carbocycles. The van der Waals surface area contributed by atoms with Gasteiger partial charge in [0.05, 0.1) is 37.7 Å². The summed E-state index contributed by atoms with van der Waals surface area (Å²) in [5, 5.41) is 2.93. The second kappa shape index (κ2) is 6.87. The number of fused-ring (bicyclic) bond motifs is 1. The highest BCUT2D eigenvalue weighted by atomic mass is 19.1. The van der Waals surface area contributed by atoms with Crippen LogP contribution in [-0.4, -0.2) is 59.3 Å². The summed E-state index contributed by atoms with van der Waals surface area (Å²) in [5.41, 5.74) is 1.85. The number of benzene rings is 1. The van der Waals surface area contributed by atoms with E-state index < -0.39 is 5.82 Å². The first kappa shape index (κ1) is 16.7. The van der Waals surface area contributed by atoms with Gasteiger partial charge in [-0.25, -0.2) is 19.2 Å². The van der Waals surface area contributed by atoms with Gasteiger partial charge < -0.3 is 19.9 Å². The number of anilines is 2. The molecule has 2 aliphatic heterocycles. The van der Waals surface area contributed by atoms with Gasteiger partial charge in [0.1, 0.15) is 0 Å².